The summed E-state index contributed by atoms with van der Waals surface area (Å²) in [5.74, 6) is 0.803. The van der Waals surface area contributed by atoms with E-state index in [2.05, 4.69) is 36.3 Å². The number of amides is 1. The maximum Gasteiger partial charge on any atom is 0.257 e. The van der Waals surface area contributed by atoms with E-state index in [9.17, 15) is 4.79 Å². The quantitative estimate of drug-likeness (QED) is 0.372. The number of fused-ring (bicyclic) bond motifs is 1. The number of aryl methyl sites for hydroxylation is 1. The van der Waals surface area contributed by atoms with E-state index < -0.39 is 0 Å². The second-order valence-corrected chi connectivity index (χ2v) is 7.98. The van der Waals surface area contributed by atoms with Gasteiger partial charge in [0.1, 0.15) is 5.52 Å². The van der Waals surface area contributed by atoms with Crippen LogP contribution < -0.4 is 5.32 Å². The molecule has 1 aromatic heterocycles. The van der Waals surface area contributed by atoms with Crippen molar-refractivity contribution < 1.29 is 9.21 Å². The standard InChI is InChI=1S/C25H23ClN2O2/c1-4-16(3)18-8-12-23-22(14-18)28-25(30-23)17-6-9-19(10-7-17)27-24(29)20-11-5-15(2)13-21(20)26/h5-14,16H,4H2,1-3H3,(H,27,29)/t16-/m0/s1. The van der Waals surface area contributed by atoms with Gasteiger partial charge < -0.3 is 9.73 Å². The number of benzene rings is 3. The van der Waals surface area contributed by atoms with Crippen LogP contribution in [0.2, 0.25) is 5.02 Å². The van der Waals surface area contributed by atoms with E-state index in [1.165, 1.54) is 5.56 Å². The highest BCUT2D eigenvalue weighted by Crippen LogP contribution is 2.29. The van der Waals surface area contributed by atoms with Crippen LogP contribution in [0.25, 0.3) is 22.6 Å². The molecule has 0 unspecified atom stereocenters. The first-order valence-corrected chi connectivity index (χ1v) is 10.4. The predicted octanol–water partition coefficient (Wildman–Crippen LogP) is 7.22. The second kappa shape index (κ2) is 8.33. The third kappa shape index (κ3) is 4.10. The number of nitrogens with one attached hydrogen (secondary N) is 1. The minimum atomic E-state index is -0.243. The first-order chi connectivity index (χ1) is 14.4. The Morgan fingerprint density at radius 1 is 1.10 bits per heavy atom. The summed E-state index contributed by atoms with van der Waals surface area (Å²) in [6, 6.07) is 19.0. The number of halogens is 1. The first kappa shape index (κ1) is 20.2. The Morgan fingerprint density at radius 3 is 2.57 bits per heavy atom. The SMILES string of the molecule is CC[C@H](C)c1ccc2oc(-c3ccc(NC(=O)c4ccc(C)cc4Cl)cc3)nc2c1. The highest BCUT2D eigenvalue weighted by Gasteiger charge is 2.13. The average Bonchev–Trinajstić information content (AvgIpc) is 3.17. The van der Waals surface area contributed by atoms with E-state index in [0.29, 0.717) is 28.1 Å². The maximum atomic E-state index is 12.5. The number of oxazole rings is 1. The molecular weight excluding hydrogens is 396 g/mol. The van der Waals surface area contributed by atoms with Gasteiger partial charge in [0.15, 0.2) is 5.58 Å². The lowest BCUT2D eigenvalue weighted by Gasteiger charge is -2.08. The molecule has 4 rings (SSSR count). The summed E-state index contributed by atoms with van der Waals surface area (Å²) < 4.78 is 5.92. The molecule has 0 spiro atoms. The van der Waals surface area contributed by atoms with Crippen molar-refractivity contribution in [3.8, 4) is 11.5 Å². The van der Waals surface area contributed by atoms with Gasteiger partial charge in [-0.15, -0.1) is 0 Å². The molecule has 0 saturated heterocycles. The third-order valence-electron chi connectivity index (χ3n) is 5.35. The van der Waals surface area contributed by atoms with Crippen LogP contribution in [-0.2, 0) is 0 Å². The van der Waals surface area contributed by atoms with E-state index in [-0.39, 0.29) is 5.91 Å². The minimum Gasteiger partial charge on any atom is -0.436 e. The normalized spacial score (nSPS) is 12.1. The van der Waals surface area contributed by atoms with Gasteiger partial charge in [-0.2, -0.15) is 0 Å². The number of aromatic nitrogens is 1. The molecule has 1 N–H and O–H groups in total. The monoisotopic (exact) mass is 418 g/mol. The fourth-order valence-electron chi connectivity index (χ4n) is 3.31. The molecule has 4 aromatic rings. The molecule has 0 saturated carbocycles. The summed E-state index contributed by atoms with van der Waals surface area (Å²) in [4.78, 5) is 17.2. The molecule has 0 aliphatic heterocycles. The summed E-state index contributed by atoms with van der Waals surface area (Å²) in [6.07, 6.45) is 1.08. The van der Waals surface area contributed by atoms with Crippen molar-refractivity contribution in [1.82, 2.24) is 4.98 Å². The number of hydrogen-bond acceptors (Lipinski definition) is 3. The molecule has 0 aliphatic rings. The Bertz CT molecular complexity index is 1210. The summed E-state index contributed by atoms with van der Waals surface area (Å²) in [5.41, 5.74) is 5.87. The second-order valence-electron chi connectivity index (χ2n) is 7.57. The van der Waals surface area contributed by atoms with Gasteiger partial charge in [0.2, 0.25) is 5.89 Å². The van der Waals surface area contributed by atoms with Crippen LogP contribution in [0.4, 0.5) is 5.69 Å². The third-order valence-corrected chi connectivity index (χ3v) is 5.66. The van der Waals surface area contributed by atoms with Gasteiger partial charge in [-0.1, -0.05) is 37.6 Å². The van der Waals surface area contributed by atoms with Crippen molar-refractivity contribution >= 4 is 34.3 Å². The topological polar surface area (TPSA) is 55.1 Å². The van der Waals surface area contributed by atoms with Crippen molar-refractivity contribution in [1.29, 1.82) is 0 Å². The average molecular weight is 419 g/mol. The number of nitrogens with zero attached hydrogens (tertiary/aromatic N) is 1. The molecule has 30 heavy (non-hydrogen) atoms. The number of carbonyl (C=O) groups is 1. The van der Waals surface area contributed by atoms with Crippen LogP contribution in [0, 0.1) is 6.92 Å². The minimum absolute atomic E-state index is 0.243. The largest absolute Gasteiger partial charge is 0.436 e. The van der Waals surface area contributed by atoms with Crippen molar-refractivity contribution in [2.75, 3.05) is 5.32 Å². The lowest BCUT2D eigenvalue weighted by molar-refractivity contribution is 0.102. The van der Waals surface area contributed by atoms with Gasteiger partial charge in [-0.3, -0.25) is 4.79 Å². The zero-order valence-electron chi connectivity index (χ0n) is 17.2. The number of rotatable bonds is 5. The highest BCUT2D eigenvalue weighted by atomic mass is 35.5. The molecule has 5 heteroatoms. The predicted molar refractivity (Wildman–Crippen MR) is 122 cm³/mol. The van der Waals surface area contributed by atoms with E-state index in [1.807, 2.05) is 43.3 Å². The molecule has 0 bridgehead atoms. The maximum absolute atomic E-state index is 12.5. The fourth-order valence-corrected chi connectivity index (χ4v) is 3.63. The van der Waals surface area contributed by atoms with E-state index in [4.69, 9.17) is 16.0 Å². The van der Waals surface area contributed by atoms with Crippen LogP contribution >= 0.6 is 11.6 Å². The van der Waals surface area contributed by atoms with Gasteiger partial charge in [0.25, 0.3) is 5.91 Å². The summed E-state index contributed by atoms with van der Waals surface area (Å²) in [6.45, 7) is 6.32. The molecule has 1 atom stereocenters. The van der Waals surface area contributed by atoms with Crippen molar-refractivity contribution in [3.63, 3.8) is 0 Å². The summed E-state index contributed by atoms with van der Waals surface area (Å²) in [7, 11) is 0. The van der Waals surface area contributed by atoms with Gasteiger partial charge >= 0.3 is 0 Å². The van der Waals surface area contributed by atoms with Crippen LogP contribution in [0.15, 0.2) is 65.1 Å². The van der Waals surface area contributed by atoms with Crippen molar-refractivity contribution in [3.05, 3.63) is 82.4 Å². The van der Waals surface area contributed by atoms with Crippen LogP contribution in [0.5, 0.6) is 0 Å². The summed E-state index contributed by atoms with van der Waals surface area (Å²) >= 11 is 6.19. The molecule has 152 valence electrons. The van der Waals surface area contributed by atoms with E-state index in [0.717, 1.165) is 28.6 Å². The van der Waals surface area contributed by atoms with Crippen LogP contribution in [-0.4, -0.2) is 10.9 Å². The zero-order valence-corrected chi connectivity index (χ0v) is 18.0. The molecule has 0 aliphatic carbocycles. The van der Waals surface area contributed by atoms with Gasteiger partial charge in [-0.25, -0.2) is 4.98 Å². The number of carbonyl (C=O) groups excluding carboxylic acids is 1. The molecule has 4 nitrogen and oxygen atoms in total. The first-order valence-electron chi connectivity index (χ1n) is 10.0. The van der Waals surface area contributed by atoms with Crippen molar-refractivity contribution in [2.45, 2.75) is 33.1 Å². The van der Waals surface area contributed by atoms with E-state index in [1.54, 1.807) is 12.1 Å². The molecule has 3 aromatic carbocycles. The molecular formula is C25H23ClN2O2. The Kier molecular flexibility index (Phi) is 5.60. The number of hydrogen-bond donors (Lipinski definition) is 1. The lowest BCUT2D eigenvalue weighted by Crippen LogP contribution is -2.12. The fraction of sp³-hybridized carbons (Fsp3) is 0.200. The zero-order chi connectivity index (χ0) is 21.3. The smallest absolute Gasteiger partial charge is 0.257 e. The summed E-state index contributed by atoms with van der Waals surface area (Å²) in [5, 5.41) is 3.31. The number of anilines is 1. The highest BCUT2D eigenvalue weighted by molar-refractivity contribution is 6.34. The van der Waals surface area contributed by atoms with Gasteiger partial charge in [0, 0.05) is 11.3 Å². The van der Waals surface area contributed by atoms with Crippen LogP contribution in [0.1, 0.15) is 47.7 Å². The van der Waals surface area contributed by atoms with Crippen molar-refractivity contribution in [2.24, 2.45) is 0 Å². The van der Waals surface area contributed by atoms with Gasteiger partial charge in [-0.05, 0) is 78.9 Å². The Hall–Kier alpha value is -3.11. The molecule has 1 amide bonds. The molecule has 1 heterocycles. The van der Waals surface area contributed by atoms with Gasteiger partial charge in [0.05, 0.1) is 10.6 Å². The lowest BCUT2D eigenvalue weighted by atomic mass is 9.98. The Balaban J connectivity index is 1.53. The Labute approximate surface area is 180 Å². The van der Waals surface area contributed by atoms with E-state index >= 15 is 0 Å². The van der Waals surface area contributed by atoms with Crippen LogP contribution in [0.3, 0.4) is 0 Å². The molecule has 0 fully saturated rings. The molecule has 0 radical (unpaired) electrons. The Morgan fingerprint density at radius 2 is 1.87 bits per heavy atom.